The second-order valence-electron chi connectivity index (χ2n) is 7.81. The van der Waals surface area contributed by atoms with Gasteiger partial charge >= 0.3 is 0 Å². The Hall–Kier alpha value is -2.24. The van der Waals surface area contributed by atoms with Crippen molar-refractivity contribution in [3.63, 3.8) is 0 Å². The second-order valence-corrected chi connectivity index (χ2v) is 8.75. The van der Waals surface area contributed by atoms with E-state index in [1.807, 2.05) is 11.7 Å². The number of aromatic nitrogens is 2. The first kappa shape index (κ1) is 16.9. The van der Waals surface area contributed by atoms with Crippen LogP contribution < -0.4 is 4.90 Å². The Morgan fingerprint density at radius 3 is 2.74 bits per heavy atom. The number of pyridine rings is 1. The van der Waals surface area contributed by atoms with E-state index in [1.54, 1.807) is 11.3 Å². The Labute approximate surface area is 164 Å². The van der Waals surface area contributed by atoms with Crippen LogP contribution in [0.25, 0.3) is 0 Å². The van der Waals surface area contributed by atoms with Gasteiger partial charge in [-0.25, -0.2) is 4.98 Å². The number of benzene rings is 1. The van der Waals surface area contributed by atoms with Crippen LogP contribution in [0.5, 0.6) is 0 Å². The fourth-order valence-corrected chi connectivity index (χ4v) is 5.45. The number of anilines is 1. The number of fused-ring (bicyclic) bond motifs is 2. The molecule has 3 aromatic rings. The van der Waals surface area contributed by atoms with Crippen molar-refractivity contribution in [2.75, 3.05) is 24.5 Å². The van der Waals surface area contributed by atoms with Gasteiger partial charge in [-0.05, 0) is 37.6 Å². The molecule has 0 aliphatic carbocycles. The number of rotatable bonds is 4. The molecule has 0 unspecified atom stereocenters. The van der Waals surface area contributed by atoms with Crippen LogP contribution in [0.1, 0.15) is 28.2 Å². The zero-order chi connectivity index (χ0) is 18.3. The Balaban J connectivity index is 1.39. The highest BCUT2D eigenvalue weighted by molar-refractivity contribution is 7.09. The SMILES string of the molecule is Cc1ncsc1CN1CC[C@@]2(C1)CN(Cc1ccccc1)c1cccnc12. The molecule has 2 aromatic heterocycles. The third kappa shape index (κ3) is 3.05. The lowest BCUT2D eigenvalue weighted by molar-refractivity contribution is 0.307. The summed E-state index contributed by atoms with van der Waals surface area (Å²) in [5.41, 5.74) is 7.27. The van der Waals surface area contributed by atoms with Gasteiger partial charge in [0.05, 0.1) is 22.6 Å². The molecule has 138 valence electrons. The molecule has 0 bridgehead atoms. The Morgan fingerprint density at radius 2 is 1.93 bits per heavy atom. The summed E-state index contributed by atoms with van der Waals surface area (Å²) >= 11 is 1.78. The molecule has 0 N–H and O–H groups in total. The van der Waals surface area contributed by atoms with Crippen LogP contribution in [-0.2, 0) is 18.5 Å². The summed E-state index contributed by atoms with van der Waals surface area (Å²) in [7, 11) is 0. The zero-order valence-corrected chi connectivity index (χ0v) is 16.5. The highest BCUT2D eigenvalue weighted by Gasteiger charge is 2.48. The van der Waals surface area contributed by atoms with E-state index in [0.717, 1.165) is 32.7 Å². The maximum absolute atomic E-state index is 4.86. The second kappa shape index (κ2) is 6.73. The Morgan fingerprint density at radius 1 is 1.04 bits per heavy atom. The third-order valence-corrected chi connectivity index (χ3v) is 6.90. The molecule has 1 saturated heterocycles. The monoisotopic (exact) mass is 376 g/mol. The van der Waals surface area contributed by atoms with Crippen molar-refractivity contribution in [2.24, 2.45) is 0 Å². The van der Waals surface area contributed by atoms with Crippen molar-refractivity contribution >= 4 is 17.0 Å². The number of aryl methyl sites for hydroxylation is 1. The van der Waals surface area contributed by atoms with Crippen LogP contribution in [0.15, 0.2) is 54.2 Å². The van der Waals surface area contributed by atoms with Gasteiger partial charge in [0.2, 0.25) is 0 Å². The number of thiazole rings is 1. The van der Waals surface area contributed by atoms with E-state index in [2.05, 4.69) is 64.2 Å². The van der Waals surface area contributed by atoms with Crippen molar-refractivity contribution in [1.29, 1.82) is 0 Å². The minimum Gasteiger partial charge on any atom is -0.365 e. The lowest BCUT2D eigenvalue weighted by atomic mass is 9.85. The molecule has 2 aliphatic rings. The Kier molecular flexibility index (Phi) is 4.21. The van der Waals surface area contributed by atoms with Crippen LogP contribution in [0, 0.1) is 6.92 Å². The van der Waals surface area contributed by atoms with Gasteiger partial charge in [-0.15, -0.1) is 11.3 Å². The van der Waals surface area contributed by atoms with Gasteiger partial charge in [0.15, 0.2) is 0 Å². The van der Waals surface area contributed by atoms with Crippen molar-refractivity contribution in [3.05, 3.63) is 76.0 Å². The molecule has 4 nitrogen and oxygen atoms in total. The van der Waals surface area contributed by atoms with E-state index in [4.69, 9.17) is 4.98 Å². The topological polar surface area (TPSA) is 32.3 Å². The minimum absolute atomic E-state index is 0.157. The summed E-state index contributed by atoms with van der Waals surface area (Å²) < 4.78 is 0. The molecule has 1 fully saturated rings. The molecule has 0 radical (unpaired) electrons. The predicted molar refractivity (Wildman–Crippen MR) is 110 cm³/mol. The Bertz CT molecular complexity index is 938. The average molecular weight is 377 g/mol. The summed E-state index contributed by atoms with van der Waals surface area (Å²) in [6, 6.07) is 15.1. The summed E-state index contributed by atoms with van der Waals surface area (Å²) in [6.07, 6.45) is 3.14. The van der Waals surface area contributed by atoms with Crippen molar-refractivity contribution in [1.82, 2.24) is 14.9 Å². The van der Waals surface area contributed by atoms with Crippen LogP contribution in [-0.4, -0.2) is 34.5 Å². The van der Waals surface area contributed by atoms with Crippen LogP contribution in [0.4, 0.5) is 5.69 Å². The predicted octanol–water partition coefficient (Wildman–Crippen LogP) is 4.01. The van der Waals surface area contributed by atoms with Crippen LogP contribution in [0.3, 0.4) is 0 Å². The lowest BCUT2D eigenvalue weighted by Gasteiger charge is -2.26. The smallest absolute Gasteiger partial charge is 0.0798 e. The van der Waals surface area contributed by atoms with Crippen LogP contribution >= 0.6 is 11.3 Å². The molecule has 2 aliphatic heterocycles. The highest BCUT2D eigenvalue weighted by atomic mass is 32.1. The lowest BCUT2D eigenvalue weighted by Crippen LogP contribution is -2.36. The van der Waals surface area contributed by atoms with Crippen molar-refractivity contribution in [3.8, 4) is 0 Å². The van der Waals surface area contributed by atoms with Crippen molar-refractivity contribution < 1.29 is 0 Å². The molecule has 4 heterocycles. The molecule has 27 heavy (non-hydrogen) atoms. The first-order valence-corrected chi connectivity index (χ1v) is 10.5. The number of likely N-dealkylation sites (tertiary alicyclic amines) is 1. The molecule has 0 saturated carbocycles. The summed E-state index contributed by atoms with van der Waals surface area (Å²) in [5.74, 6) is 0. The molecule has 5 heteroatoms. The average Bonchev–Trinajstić information content (AvgIpc) is 3.37. The summed E-state index contributed by atoms with van der Waals surface area (Å²) in [4.78, 5) is 15.8. The van der Waals surface area contributed by atoms with Crippen molar-refractivity contribution in [2.45, 2.75) is 31.8 Å². The summed E-state index contributed by atoms with van der Waals surface area (Å²) in [5, 5.41) is 0. The number of hydrogen-bond acceptors (Lipinski definition) is 5. The van der Waals surface area contributed by atoms with Gasteiger partial charge < -0.3 is 4.90 Å². The van der Waals surface area contributed by atoms with E-state index < -0.39 is 0 Å². The van der Waals surface area contributed by atoms with E-state index in [0.29, 0.717) is 0 Å². The van der Waals surface area contributed by atoms with E-state index in [-0.39, 0.29) is 5.41 Å². The van der Waals surface area contributed by atoms with Gasteiger partial charge in [0, 0.05) is 42.7 Å². The zero-order valence-electron chi connectivity index (χ0n) is 15.6. The maximum Gasteiger partial charge on any atom is 0.0798 e. The molecule has 1 spiro atoms. The van der Waals surface area contributed by atoms with Crippen LogP contribution in [0.2, 0.25) is 0 Å². The maximum atomic E-state index is 4.86. The van der Waals surface area contributed by atoms with Gasteiger partial charge in [0.1, 0.15) is 0 Å². The normalized spacial score (nSPS) is 21.9. The molecular formula is C22H24N4S. The molecular weight excluding hydrogens is 352 g/mol. The van der Waals surface area contributed by atoms with E-state index in [9.17, 15) is 0 Å². The van der Waals surface area contributed by atoms with E-state index in [1.165, 1.54) is 33.9 Å². The van der Waals surface area contributed by atoms with Gasteiger partial charge in [0.25, 0.3) is 0 Å². The fourth-order valence-electron chi connectivity index (χ4n) is 4.63. The first-order chi connectivity index (χ1) is 13.2. The molecule has 1 atom stereocenters. The number of nitrogens with zero attached hydrogens (tertiary/aromatic N) is 4. The summed E-state index contributed by atoms with van der Waals surface area (Å²) in [6.45, 7) is 7.36. The molecule has 1 aromatic carbocycles. The largest absolute Gasteiger partial charge is 0.365 e. The highest BCUT2D eigenvalue weighted by Crippen LogP contribution is 2.45. The minimum atomic E-state index is 0.157. The standard InChI is InChI=1S/C22H24N4S/c1-17-20(27-16-24-17)13-25-11-9-22(14-25)15-26(12-18-6-3-2-4-7-18)19-8-5-10-23-21(19)22/h2-8,10,16H,9,11-15H2,1H3/t22-/m1/s1. The third-order valence-electron chi connectivity index (χ3n) is 5.98. The van der Waals surface area contributed by atoms with Gasteiger partial charge in [-0.2, -0.15) is 0 Å². The van der Waals surface area contributed by atoms with Gasteiger partial charge in [-0.3, -0.25) is 9.88 Å². The van der Waals surface area contributed by atoms with Gasteiger partial charge in [-0.1, -0.05) is 30.3 Å². The molecule has 5 rings (SSSR count). The molecule has 0 amide bonds. The quantitative estimate of drug-likeness (QED) is 0.689. The number of hydrogen-bond donors (Lipinski definition) is 0. The fraction of sp³-hybridized carbons (Fsp3) is 0.364. The first-order valence-electron chi connectivity index (χ1n) is 9.59. The van der Waals surface area contributed by atoms with E-state index >= 15 is 0 Å².